The highest BCUT2D eigenvalue weighted by atomic mass is 16.3. The lowest BCUT2D eigenvalue weighted by Crippen LogP contribution is -2.06. The van der Waals surface area contributed by atoms with Crippen LogP contribution < -0.4 is 5.73 Å². The number of nitrogens with two attached hydrogens (primary N) is 1. The number of rotatable bonds is 2. The molecule has 0 aliphatic rings. The van der Waals surface area contributed by atoms with Crippen molar-refractivity contribution in [3.8, 4) is 23.5 Å². The Kier molecular flexibility index (Phi) is 3.05. The second-order valence-electron chi connectivity index (χ2n) is 4.62. The number of nitrogen functional groups attached to an aromatic ring is 1. The normalized spacial score (nSPS) is 12.2. The number of anilines is 1. The zero-order valence-electron chi connectivity index (χ0n) is 11.4. The second kappa shape index (κ2) is 4.89. The first kappa shape index (κ1) is 13.1. The van der Waals surface area contributed by atoms with Gasteiger partial charge in [0.15, 0.2) is 0 Å². The van der Waals surface area contributed by atoms with E-state index in [9.17, 15) is 5.11 Å². The maximum atomic E-state index is 9.77. The zero-order valence-corrected chi connectivity index (χ0v) is 11.4. The Bertz CT molecular complexity index is 862. The molecule has 0 bridgehead atoms. The van der Waals surface area contributed by atoms with Gasteiger partial charge >= 0.3 is 0 Å². The Hall–Kier alpha value is -2.91. The van der Waals surface area contributed by atoms with Gasteiger partial charge in [0.1, 0.15) is 18.2 Å². The molecular weight excluding hydrogens is 266 g/mol. The summed E-state index contributed by atoms with van der Waals surface area (Å²) in [5, 5.41) is 13.8. The minimum atomic E-state index is -0.949. The van der Waals surface area contributed by atoms with Crippen LogP contribution in [-0.2, 0) is 0 Å². The molecule has 0 saturated carbocycles. The molecule has 1 aromatic carbocycles. The topological polar surface area (TPSA) is 89.3 Å². The highest BCUT2D eigenvalue weighted by molar-refractivity contribution is 5.77. The molecule has 3 rings (SSSR count). The van der Waals surface area contributed by atoms with Crippen molar-refractivity contribution in [1.29, 1.82) is 0 Å². The molecule has 3 N–H and O–H groups in total. The van der Waals surface area contributed by atoms with Gasteiger partial charge in [0.25, 0.3) is 5.78 Å². The molecule has 6 heteroatoms. The summed E-state index contributed by atoms with van der Waals surface area (Å²) in [6.07, 6.45) is 5.71. The van der Waals surface area contributed by atoms with Crippen LogP contribution in [0.4, 0.5) is 5.82 Å². The van der Waals surface area contributed by atoms with Crippen molar-refractivity contribution in [1.82, 2.24) is 19.6 Å². The number of benzene rings is 1. The SMILES string of the molecule is C#CC(O)c1cccc(-c2c(C)nc3ncnn3c2N)c1. The number of aromatic nitrogens is 4. The number of aryl methyl sites for hydroxylation is 1. The molecule has 0 radical (unpaired) electrons. The molecule has 2 heterocycles. The van der Waals surface area contributed by atoms with Crippen LogP contribution >= 0.6 is 0 Å². The molecule has 0 saturated heterocycles. The summed E-state index contributed by atoms with van der Waals surface area (Å²) < 4.78 is 1.48. The second-order valence-corrected chi connectivity index (χ2v) is 4.62. The highest BCUT2D eigenvalue weighted by Gasteiger charge is 2.14. The van der Waals surface area contributed by atoms with E-state index >= 15 is 0 Å². The Morgan fingerprint density at radius 2 is 2.24 bits per heavy atom. The molecule has 0 amide bonds. The van der Waals surface area contributed by atoms with Gasteiger partial charge in [-0.25, -0.2) is 4.98 Å². The van der Waals surface area contributed by atoms with Gasteiger partial charge in [0.2, 0.25) is 0 Å². The summed E-state index contributed by atoms with van der Waals surface area (Å²) >= 11 is 0. The van der Waals surface area contributed by atoms with Gasteiger partial charge < -0.3 is 10.8 Å². The van der Waals surface area contributed by atoms with E-state index in [2.05, 4.69) is 21.0 Å². The maximum absolute atomic E-state index is 9.77. The predicted octanol–water partition coefficient (Wildman–Crippen LogP) is 1.35. The summed E-state index contributed by atoms with van der Waals surface area (Å²) in [4.78, 5) is 8.40. The molecule has 0 aliphatic carbocycles. The Labute approximate surface area is 121 Å². The average molecular weight is 279 g/mol. The van der Waals surface area contributed by atoms with Crippen LogP contribution in [0.2, 0.25) is 0 Å². The average Bonchev–Trinajstić information content (AvgIpc) is 2.95. The Balaban J connectivity index is 2.23. The fourth-order valence-electron chi connectivity index (χ4n) is 2.30. The predicted molar refractivity (Wildman–Crippen MR) is 79.2 cm³/mol. The molecule has 1 unspecified atom stereocenters. The zero-order chi connectivity index (χ0) is 15.0. The quantitative estimate of drug-likeness (QED) is 0.691. The number of terminal acetylenes is 1. The van der Waals surface area contributed by atoms with E-state index < -0.39 is 6.10 Å². The maximum Gasteiger partial charge on any atom is 0.254 e. The summed E-state index contributed by atoms with van der Waals surface area (Å²) in [5.41, 5.74) is 9.11. The van der Waals surface area contributed by atoms with Crippen LogP contribution in [0.3, 0.4) is 0 Å². The molecule has 1 atom stereocenters. The minimum absolute atomic E-state index is 0.447. The molecule has 104 valence electrons. The first-order valence-corrected chi connectivity index (χ1v) is 6.32. The van der Waals surface area contributed by atoms with Crippen molar-refractivity contribution >= 4 is 11.6 Å². The van der Waals surface area contributed by atoms with Crippen LogP contribution in [0.15, 0.2) is 30.6 Å². The van der Waals surface area contributed by atoms with Gasteiger partial charge in [0.05, 0.1) is 5.69 Å². The largest absolute Gasteiger partial charge is 0.383 e. The third-order valence-corrected chi connectivity index (χ3v) is 3.29. The van der Waals surface area contributed by atoms with Crippen LogP contribution in [0.25, 0.3) is 16.9 Å². The van der Waals surface area contributed by atoms with Crippen LogP contribution in [0.5, 0.6) is 0 Å². The molecule has 0 fully saturated rings. The summed E-state index contributed by atoms with van der Waals surface area (Å²) in [7, 11) is 0. The van der Waals surface area contributed by atoms with E-state index in [1.54, 1.807) is 12.1 Å². The Morgan fingerprint density at radius 3 is 3.00 bits per heavy atom. The lowest BCUT2D eigenvalue weighted by atomic mass is 10.00. The van der Waals surface area contributed by atoms with E-state index in [0.717, 1.165) is 16.8 Å². The summed E-state index contributed by atoms with van der Waals surface area (Å²) in [6, 6.07) is 7.26. The van der Waals surface area contributed by atoms with E-state index in [1.165, 1.54) is 10.8 Å². The van der Waals surface area contributed by atoms with Crippen molar-refractivity contribution in [2.24, 2.45) is 0 Å². The molecular formula is C15H13N5O. The van der Waals surface area contributed by atoms with E-state index in [0.29, 0.717) is 17.2 Å². The van der Waals surface area contributed by atoms with Crippen LogP contribution in [0.1, 0.15) is 17.4 Å². The molecule has 21 heavy (non-hydrogen) atoms. The summed E-state index contributed by atoms with van der Waals surface area (Å²) in [5.74, 6) is 3.19. The number of aliphatic hydroxyl groups excluding tert-OH is 1. The summed E-state index contributed by atoms with van der Waals surface area (Å²) in [6.45, 7) is 1.85. The van der Waals surface area contributed by atoms with Crippen LogP contribution in [0, 0.1) is 19.3 Å². The number of fused-ring (bicyclic) bond motifs is 1. The van der Waals surface area contributed by atoms with Gasteiger partial charge in [-0.15, -0.1) is 6.42 Å². The first-order valence-electron chi connectivity index (χ1n) is 6.32. The number of hydrogen-bond acceptors (Lipinski definition) is 5. The minimum Gasteiger partial charge on any atom is -0.383 e. The molecule has 0 aliphatic heterocycles. The third kappa shape index (κ3) is 2.10. The fourth-order valence-corrected chi connectivity index (χ4v) is 2.30. The van der Waals surface area contributed by atoms with E-state index in [4.69, 9.17) is 12.2 Å². The standard InChI is InChI=1S/C15H13N5O/c1-3-12(21)10-5-4-6-11(7-10)13-9(2)19-15-17-8-18-20(15)14(13)16/h1,4-8,12,21H,16H2,2H3. The van der Waals surface area contributed by atoms with E-state index in [1.807, 2.05) is 19.1 Å². The van der Waals surface area contributed by atoms with Crippen molar-refractivity contribution in [3.05, 3.63) is 41.9 Å². The lowest BCUT2D eigenvalue weighted by Gasteiger charge is -2.12. The van der Waals surface area contributed by atoms with Gasteiger partial charge in [-0.05, 0) is 24.1 Å². The smallest absolute Gasteiger partial charge is 0.254 e. The number of aliphatic hydroxyl groups is 1. The van der Waals surface area contributed by atoms with E-state index in [-0.39, 0.29) is 0 Å². The van der Waals surface area contributed by atoms with Crippen molar-refractivity contribution in [3.63, 3.8) is 0 Å². The Morgan fingerprint density at radius 1 is 1.43 bits per heavy atom. The van der Waals surface area contributed by atoms with Gasteiger partial charge in [-0.1, -0.05) is 24.1 Å². The monoisotopic (exact) mass is 279 g/mol. The van der Waals surface area contributed by atoms with Gasteiger partial charge in [-0.2, -0.15) is 14.6 Å². The molecule has 3 aromatic rings. The third-order valence-electron chi connectivity index (χ3n) is 3.29. The van der Waals surface area contributed by atoms with Crippen molar-refractivity contribution in [2.75, 3.05) is 5.73 Å². The number of hydrogen-bond donors (Lipinski definition) is 2. The van der Waals surface area contributed by atoms with Gasteiger partial charge in [-0.3, -0.25) is 0 Å². The molecule has 0 spiro atoms. The first-order chi connectivity index (χ1) is 10.1. The highest BCUT2D eigenvalue weighted by Crippen LogP contribution is 2.30. The van der Waals surface area contributed by atoms with Gasteiger partial charge in [0, 0.05) is 5.56 Å². The fraction of sp³-hybridized carbons (Fsp3) is 0.133. The lowest BCUT2D eigenvalue weighted by molar-refractivity contribution is 0.238. The molecule has 6 nitrogen and oxygen atoms in total. The van der Waals surface area contributed by atoms with Crippen molar-refractivity contribution in [2.45, 2.75) is 13.0 Å². The van der Waals surface area contributed by atoms with Crippen LogP contribution in [-0.4, -0.2) is 24.7 Å². The van der Waals surface area contributed by atoms with Crippen molar-refractivity contribution < 1.29 is 5.11 Å². The number of nitrogens with zero attached hydrogens (tertiary/aromatic N) is 4. The molecule has 2 aromatic heterocycles.